The zero-order chi connectivity index (χ0) is 14.1. The van der Waals surface area contributed by atoms with E-state index >= 15 is 0 Å². The molecule has 2 unspecified atom stereocenters. The molecule has 1 rings (SSSR count). The van der Waals surface area contributed by atoms with Crippen LogP contribution in [-0.4, -0.2) is 30.0 Å². The highest BCUT2D eigenvalue weighted by molar-refractivity contribution is 7.99. The Morgan fingerprint density at radius 1 is 1.37 bits per heavy atom. The van der Waals surface area contributed by atoms with Crippen LogP contribution in [0.2, 0.25) is 0 Å². The average molecular weight is 280 g/mol. The maximum atomic E-state index is 12.2. The molecule has 0 saturated heterocycles. The summed E-state index contributed by atoms with van der Waals surface area (Å²) < 4.78 is 0. The van der Waals surface area contributed by atoms with Crippen LogP contribution in [0.15, 0.2) is 30.3 Å². The summed E-state index contributed by atoms with van der Waals surface area (Å²) in [6, 6.07) is 9.92. The van der Waals surface area contributed by atoms with Crippen LogP contribution >= 0.6 is 11.8 Å². The topological polar surface area (TPSA) is 55.1 Å². The van der Waals surface area contributed by atoms with Gasteiger partial charge in [0.2, 0.25) is 5.91 Å². The van der Waals surface area contributed by atoms with Crippen molar-refractivity contribution in [3.63, 3.8) is 0 Å². The van der Waals surface area contributed by atoms with Gasteiger partial charge in [0.15, 0.2) is 0 Å². The number of rotatable bonds is 8. The standard InChI is InChI=1S/C15H24N2OS/c1-3-19-10-9-12(2)17-15(18)14(11-16)13-7-5-4-6-8-13/h4-8,12,14H,3,9-11,16H2,1-2H3,(H,17,18). The molecule has 0 aliphatic rings. The third kappa shape index (κ3) is 5.66. The molecule has 0 bridgehead atoms. The van der Waals surface area contributed by atoms with E-state index in [1.807, 2.05) is 49.0 Å². The number of carbonyl (C=O) groups excluding carboxylic acids is 1. The fourth-order valence-electron chi connectivity index (χ4n) is 1.90. The number of thioether (sulfide) groups is 1. The third-order valence-electron chi connectivity index (χ3n) is 3.04. The van der Waals surface area contributed by atoms with E-state index in [4.69, 9.17) is 5.73 Å². The Morgan fingerprint density at radius 3 is 2.63 bits per heavy atom. The monoisotopic (exact) mass is 280 g/mol. The van der Waals surface area contributed by atoms with Crippen molar-refractivity contribution >= 4 is 17.7 Å². The smallest absolute Gasteiger partial charge is 0.229 e. The van der Waals surface area contributed by atoms with Crippen LogP contribution in [0.4, 0.5) is 0 Å². The van der Waals surface area contributed by atoms with Gasteiger partial charge in [0.1, 0.15) is 0 Å². The van der Waals surface area contributed by atoms with Crippen LogP contribution in [0.3, 0.4) is 0 Å². The molecule has 3 N–H and O–H groups in total. The quantitative estimate of drug-likeness (QED) is 0.719. The minimum atomic E-state index is -0.248. The lowest BCUT2D eigenvalue weighted by atomic mass is 9.98. The maximum Gasteiger partial charge on any atom is 0.229 e. The molecule has 19 heavy (non-hydrogen) atoms. The van der Waals surface area contributed by atoms with Crippen LogP contribution in [0.1, 0.15) is 31.7 Å². The lowest BCUT2D eigenvalue weighted by Gasteiger charge is -2.19. The highest BCUT2D eigenvalue weighted by atomic mass is 32.2. The second kappa shape index (κ2) is 8.99. The molecule has 0 aliphatic heterocycles. The van der Waals surface area contributed by atoms with Crippen LogP contribution in [0, 0.1) is 0 Å². The lowest BCUT2D eigenvalue weighted by molar-refractivity contribution is -0.123. The molecule has 1 amide bonds. The SMILES string of the molecule is CCSCCC(C)NC(=O)C(CN)c1ccccc1. The summed E-state index contributed by atoms with van der Waals surface area (Å²) >= 11 is 1.90. The van der Waals surface area contributed by atoms with Gasteiger partial charge in [-0.05, 0) is 30.4 Å². The maximum absolute atomic E-state index is 12.2. The predicted molar refractivity (Wildman–Crippen MR) is 83.5 cm³/mol. The Balaban J connectivity index is 2.50. The Morgan fingerprint density at radius 2 is 2.05 bits per heavy atom. The first-order valence-electron chi connectivity index (χ1n) is 6.82. The van der Waals surface area contributed by atoms with Gasteiger partial charge in [0.25, 0.3) is 0 Å². The first-order chi connectivity index (χ1) is 9.19. The van der Waals surface area contributed by atoms with Crippen LogP contribution in [0.5, 0.6) is 0 Å². The summed E-state index contributed by atoms with van der Waals surface area (Å²) in [7, 11) is 0. The predicted octanol–water partition coefficient (Wildman–Crippen LogP) is 2.38. The van der Waals surface area contributed by atoms with E-state index in [-0.39, 0.29) is 17.9 Å². The molecule has 3 nitrogen and oxygen atoms in total. The zero-order valence-corrected chi connectivity index (χ0v) is 12.6. The van der Waals surface area contributed by atoms with Gasteiger partial charge in [0.05, 0.1) is 5.92 Å². The van der Waals surface area contributed by atoms with Crippen molar-refractivity contribution in [1.82, 2.24) is 5.32 Å². The van der Waals surface area contributed by atoms with Crippen LogP contribution in [-0.2, 0) is 4.79 Å². The van der Waals surface area contributed by atoms with E-state index < -0.39 is 0 Å². The van der Waals surface area contributed by atoms with E-state index in [9.17, 15) is 4.79 Å². The van der Waals surface area contributed by atoms with Gasteiger partial charge in [-0.2, -0.15) is 11.8 Å². The van der Waals surface area contributed by atoms with Gasteiger partial charge in [0, 0.05) is 12.6 Å². The molecule has 0 saturated carbocycles. The Kier molecular flexibility index (Phi) is 7.60. The van der Waals surface area contributed by atoms with E-state index in [1.54, 1.807) is 0 Å². The van der Waals surface area contributed by atoms with Gasteiger partial charge in [-0.25, -0.2) is 0 Å². The molecule has 106 valence electrons. The largest absolute Gasteiger partial charge is 0.353 e. The summed E-state index contributed by atoms with van der Waals surface area (Å²) in [5.74, 6) is 1.98. The average Bonchev–Trinajstić information content (AvgIpc) is 2.41. The Labute approximate surface area is 120 Å². The summed E-state index contributed by atoms with van der Waals surface area (Å²) in [6.45, 7) is 4.53. The van der Waals surface area contributed by atoms with E-state index in [0.29, 0.717) is 6.54 Å². The van der Waals surface area contributed by atoms with Gasteiger partial charge >= 0.3 is 0 Å². The van der Waals surface area contributed by atoms with Crippen LogP contribution < -0.4 is 11.1 Å². The minimum Gasteiger partial charge on any atom is -0.353 e. The number of amides is 1. The summed E-state index contributed by atoms with van der Waals surface area (Å²) in [5.41, 5.74) is 6.72. The van der Waals surface area contributed by atoms with Crippen molar-refractivity contribution in [1.29, 1.82) is 0 Å². The molecule has 1 aromatic rings. The molecule has 0 spiro atoms. The zero-order valence-electron chi connectivity index (χ0n) is 11.8. The number of benzene rings is 1. The number of nitrogens with two attached hydrogens (primary N) is 1. The molecule has 0 aromatic heterocycles. The number of hydrogen-bond donors (Lipinski definition) is 2. The molecule has 0 radical (unpaired) electrons. The first-order valence-corrected chi connectivity index (χ1v) is 7.97. The summed E-state index contributed by atoms with van der Waals surface area (Å²) in [6.07, 6.45) is 0.996. The molecule has 2 atom stereocenters. The van der Waals surface area contributed by atoms with Crippen molar-refractivity contribution in [3.8, 4) is 0 Å². The molecule has 0 fully saturated rings. The van der Waals surface area contributed by atoms with Crippen LogP contribution in [0.25, 0.3) is 0 Å². The second-order valence-electron chi connectivity index (χ2n) is 4.59. The van der Waals surface area contributed by atoms with Gasteiger partial charge in [-0.1, -0.05) is 37.3 Å². The van der Waals surface area contributed by atoms with Crippen molar-refractivity contribution in [2.45, 2.75) is 32.2 Å². The summed E-state index contributed by atoms with van der Waals surface area (Å²) in [4.78, 5) is 12.2. The molecule has 1 aromatic carbocycles. The normalized spacial score (nSPS) is 13.8. The third-order valence-corrected chi connectivity index (χ3v) is 3.97. The lowest BCUT2D eigenvalue weighted by Crippen LogP contribution is -2.39. The minimum absolute atomic E-state index is 0.0303. The van der Waals surface area contributed by atoms with Crippen molar-refractivity contribution in [2.75, 3.05) is 18.1 Å². The van der Waals surface area contributed by atoms with Crippen molar-refractivity contribution in [3.05, 3.63) is 35.9 Å². The number of nitrogens with one attached hydrogen (secondary N) is 1. The number of hydrogen-bond acceptors (Lipinski definition) is 3. The van der Waals surface area contributed by atoms with Gasteiger partial charge in [-0.3, -0.25) is 4.79 Å². The molecular weight excluding hydrogens is 256 g/mol. The number of carbonyl (C=O) groups is 1. The second-order valence-corrected chi connectivity index (χ2v) is 5.99. The molecule has 0 heterocycles. The van der Waals surface area contributed by atoms with E-state index in [2.05, 4.69) is 12.2 Å². The van der Waals surface area contributed by atoms with Crippen molar-refractivity contribution < 1.29 is 4.79 Å². The highest BCUT2D eigenvalue weighted by Gasteiger charge is 2.19. The van der Waals surface area contributed by atoms with Gasteiger partial charge < -0.3 is 11.1 Å². The highest BCUT2D eigenvalue weighted by Crippen LogP contribution is 2.15. The van der Waals surface area contributed by atoms with E-state index in [0.717, 1.165) is 23.5 Å². The first kappa shape index (κ1) is 16.1. The molecule has 0 aliphatic carbocycles. The van der Waals surface area contributed by atoms with E-state index in [1.165, 1.54) is 0 Å². The molecular formula is C15H24N2OS. The Bertz CT molecular complexity index is 370. The van der Waals surface area contributed by atoms with Crippen molar-refractivity contribution in [2.24, 2.45) is 5.73 Å². The fourth-order valence-corrected chi connectivity index (χ4v) is 2.71. The summed E-state index contributed by atoms with van der Waals surface area (Å²) in [5, 5.41) is 3.06. The fraction of sp³-hybridized carbons (Fsp3) is 0.533. The van der Waals surface area contributed by atoms with Gasteiger partial charge in [-0.15, -0.1) is 0 Å². The Hall–Kier alpha value is -1.00. The molecule has 4 heteroatoms.